The molecule has 0 saturated heterocycles. The molecule has 11 heteroatoms. The first-order valence-corrected chi connectivity index (χ1v) is 33.5. The summed E-state index contributed by atoms with van der Waals surface area (Å²) in [7, 11) is 0. The number of benzene rings is 13. The van der Waals surface area contributed by atoms with E-state index in [2.05, 4.69) is 206 Å². The Bertz CT molecular complexity index is 6670. The van der Waals surface area contributed by atoms with Gasteiger partial charge in [-0.05, 0) is 97.4 Å². The van der Waals surface area contributed by atoms with Crippen LogP contribution in [0.2, 0.25) is 0 Å². The van der Waals surface area contributed by atoms with Crippen LogP contribution in [-0.4, -0.2) is 39.9 Å². The molecule has 0 aliphatic rings. The molecule has 0 amide bonds. The van der Waals surface area contributed by atoms with Crippen molar-refractivity contribution in [3.8, 4) is 124 Å². The van der Waals surface area contributed by atoms with Crippen molar-refractivity contribution in [2.45, 2.75) is 0 Å². The number of pyridine rings is 2. The maximum Gasteiger partial charge on any atom is 0.228 e. The van der Waals surface area contributed by atoms with E-state index in [4.69, 9.17) is 53.1 Å². The highest BCUT2D eigenvalue weighted by atomic mass is 16.3. The van der Waals surface area contributed by atoms with Gasteiger partial charge in [-0.1, -0.05) is 267 Å². The Kier molecular flexibility index (Phi) is 13.3. The summed E-state index contributed by atoms with van der Waals surface area (Å²) in [5.41, 5.74) is 19.2. The van der Waals surface area contributed by atoms with Gasteiger partial charge in [0.1, 0.15) is 22.3 Å². The second-order valence-electron chi connectivity index (χ2n) is 25.4. The van der Waals surface area contributed by atoms with Gasteiger partial charge in [0.25, 0.3) is 0 Å². The maximum atomic E-state index is 6.91. The van der Waals surface area contributed by atoms with Crippen molar-refractivity contribution < 1.29 is 13.3 Å². The van der Waals surface area contributed by atoms with E-state index in [0.717, 1.165) is 160 Å². The number of para-hydroxylation sites is 3. The molecule has 13 aromatic carbocycles. The van der Waals surface area contributed by atoms with E-state index >= 15 is 0 Å². The van der Waals surface area contributed by atoms with Crippen LogP contribution in [-0.2, 0) is 0 Å². The average Bonchev–Trinajstić information content (AvgIpc) is 1.63. The first-order chi connectivity index (χ1) is 50.0. The van der Waals surface area contributed by atoms with Gasteiger partial charge < -0.3 is 13.3 Å². The molecule has 0 aliphatic heterocycles. The molecule has 0 saturated carbocycles. The first kappa shape index (κ1) is 57.4. The summed E-state index contributed by atoms with van der Waals surface area (Å²) in [5, 5.41) is 9.98. The molecule has 0 radical (unpaired) electrons. The molecule has 7 heterocycles. The molecule has 0 bridgehead atoms. The van der Waals surface area contributed by atoms with Crippen LogP contribution in [0.4, 0.5) is 0 Å². The van der Waals surface area contributed by atoms with Crippen LogP contribution in [0.3, 0.4) is 0 Å². The molecule has 0 fully saturated rings. The summed E-state index contributed by atoms with van der Waals surface area (Å²) in [6, 6.07) is 106. The summed E-state index contributed by atoms with van der Waals surface area (Å²) in [6.07, 6.45) is 1.76. The van der Waals surface area contributed by atoms with Gasteiger partial charge in [0.05, 0.1) is 16.5 Å². The first-order valence-electron chi connectivity index (χ1n) is 33.5. The lowest BCUT2D eigenvalue weighted by Crippen LogP contribution is -2.01. The smallest absolute Gasteiger partial charge is 0.228 e. The maximum absolute atomic E-state index is 6.91. The SMILES string of the molecule is c1ccc(-c2ccc(-c3nc(-c4ccccc4)nc(-c4ccnc5oc6c(-c7cccc8c7oc7cc9ccc(-c%10ccc(-c%11ccc(-c%12nc(-c%13ccccc%13)nc(-c%13cc(-c%14ccc%15ccccc%15c%14)nc%14oc%15ccccc%15c%13%14)n%12)cc%11)cc%10)cc9cc78)cccc6c45)n3)cc2)cc1. The van der Waals surface area contributed by atoms with Crippen molar-refractivity contribution in [3.05, 3.63) is 316 Å². The molecule has 0 atom stereocenters. The van der Waals surface area contributed by atoms with Gasteiger partial charge in [0, 0.05) is 77.8 Å². The number of furan rings is 3. The predicted molar refractivity (Wildman–Crippen MR) is 405 cm³/mol. The van der Waals surface area contributed by atoms with Crippen LogP contribution < -0.4 is 0 Å². The molecule has 0 N–H and O–H groups in total. The minimum Gasteiger partial charge on any atom is -0.455 e. The van der Waals surface area contributed by atoms with E-state index in [9.17, 15) is 0 Å². The second kappa shape index (κ2) is 23.4. The van der Waals surface area contributed by atoms with Gasteiger partial charge in [0.2, 0.25) is 11.4 Å². The third-order valence-electron chi connectivity index (χ3n) is 19.3. The van der Waals surface area contributed by atoms with E-state index in [1.165, 1.54) is 0 Å². The highest BCUT2D eigenvalue weighted by Gasteiger charge is 2.25. The Morgan fingerprint density at radius 3 is 1.30 bits per heavy atom. The lowest BCUT2D eigenvalue weighted by molar-refractivity contribution is 0.653. The predicted octanol–water partition coefficient (Wildman–Crippen LogP) is 23.2. The van der Waals surface area contributed by atoms with E-state index in [1.807, 2.05) is 103 Å². The third kappa shape index (κ3) is 10.1. The normalized spacial score (nSPS) is 11.8. The summed E-state index contributed by atoms with van der Waals surface area (Å²) < 4.78 is 20.2. The number of nitrogens with zero attached hydrogens (tertiary/aromatic N) is 8. The van der Waals surface area contributed by atoms with Crippen LogP contribution in [0.5, 0.6) is 0 Å². The van der Waals surface area contributed by atoms with Crippen LogP contribution in [0.15, 0.2) is 329 Å². The third-order valence-corrected chi connectivity index (χ3v) is 19.3. The van der Waals surface area contributed by atoms with E-state index in [0.29, 0.717) is 52.0 Å². The summed E-state index contributed by atoms with van der Waals surface area (Å²) in [6.45, 7) is 0. The van der Waals surface area contributed by atoms with Gasteiger partial charge in [-0.25, -0.2) is 39.9 Å². The summed E-state index contributed by atoms with van der Waals surface area (Å²) in [4.78, 5) is 40.9. The van der Waals surface area contributed by atoms with Crippen molar-refractivity contribution >= 4 is 87.6 Å². The summed E-state index contributed by atoms with van der Waals surface area (Å²) >= 11 is 0. The number of aromatic nitrogens is 8. The Morgan fingerprint density at radius 1 is 0.208 bits per heavy atom. The van der Waals surface area contributed by atoms with Crippen LogP contribution in [0, 0.1) is 0 Å². The molecule has 11 nitrogen and oxygen atoms in total. The molecule has 0 unspecified atom stereocenters. The molecule has 0 aliphatic carbocycles. The highest BCUT2D eigenvalue weighted by molar-refractivity contribution is 6.18. The number of hydrogen-bond acceptors (Lipinski definition) is 11. The van der Waals surface area contributed by atoms with E-state index < -0.39 is 0 Å². The Morgan fingerprint density at radius 2 is 0.653 bits per heavy atom. The van der Waals surface area contributed by atoms with E-state index in [1.54, 1.807) is 6.20 Å². The molecular formula is C90H52N8O3. The largest absolute Gasteiger partial charge is 0.455 e. The zero-order valence-corrected chi connectivity index (χ0v) is 53.8. The molecule has 470 valence electrons. The fourth-order valence-corrected chi connectivity index (χ4v) is 14.2. The number of fused-ring (bicyclic) bond motifs is 11. The Balaban J connectivity index is 0.611. The minimum atomic E-state index is 0.480. The Labute approximate surface area is 577 Å². The van der Waals surface area contributed by atoms with Gasteiger partial charge in [-0.2, -0.15) is 0 Å². The fourth-order valence-electron chi connectivity index (χ4n) is 14.2. The van der Waals surface area contributed by atoms with Crippen LogP contribution in [0.25, 0.3) is 212 Å². The van der Waals surface area contributed by atoms with Gasteiger partial charge in [0.15, 0.2) is 34.9 Å². The van der Waals surface area contributed by atoms with Crippen molar-refractivity contribution in [2.24, 2.45) is 0 Å². The number of rotatable bonds is 11. The highest BCUT2D eigenvalue weighted by Crippen LogP contribution is 2.45. The van der Waals surface area contributed by atoms with Crippen molar-refractivity contribution in [1.29, 1.82) is 0 Å². The fraction of sp³-hybridized carbons (Fsp3) is 0. The van der Waals surface area contributed by atoms with Crippen molar-refractivity contribution in [3.63, 3.8) is 0 Å². The molecule has 20 aromatic rings. The molecular weight excluding hydrogens is 1240 g/mol. The zero-order valence-electron chi connectivity index (χ0n) is 53.8. The monoisotopic (exact) mass is 1290 g/mol. The molecule has 20 rings (SSSR count). The van der Waals surface area contributed by atoms with Gasteiger partial charge in [-0.3, -0.25) is 0 Å². The van der Waals surface area contributed by atoms with Crippen molar-refractivity contribution in [2.75, 3.05) is 0 Å². The molecule has 101 heavy (non-hydrogen) atoms. The van der Waals surface area contributed by atoms with Crippen molar-refractivity contribution in [1.82, 2.24) is 39.9 Å². The Hall–Kier alpha value is -13.9. The lowest BCUT2D eigenvalue weighted by atomic mass is 9.96. The van der Waals surface area contributed by atoms with Gasteiger partial charge >= 0.3 is 0 Å². The lowest BCUT2D eigenvalue weighted by Gasteiger charge is -2.11. The minimum absolute atomic E-state index is 0.480. The molecule has 0 spiro atoms. The summed E-state index contributed by atoms with van der Waals surface area (Å²) in [5.74, 6) is 3.29. The number of hydrogen-bond donors (Lipinski definition) is 0. The topological polar surface area (TPSA) is 143 Å². The van der Waals surface area contributed by atoms with Crippen LogP contribution in [0.1, 0.15) is 0 Å². The zero-order chi connectivity index (χ0) is 66.5. The second-order valence-corrected chi connectivity index (χ2v) is 25.4. The van der Waals surface area contributed by atoms with Gasteiger partial charge in [-0.15, -0.1) is 0 Å². The quantitative estimate of drug-likeness (QED) is 0.122. The molecule has 7 aromatic heterocycles. The van der Waals surface area contributed by atoms with E-state index in [-0.39, 0.29) is 0 Å². The van der Waals surface area contributed by atoms with Crippen LogP contribution >= 0.6 is 0 Å². The average molecular weight is 1290 g/mol. The standard InChI is InChI=1S/C90H52N8O3/c1-4-16-53(17-5-1)55-34-39-61(40-35-55)85-93-83(59-19-6-2-7-20-59)95-87(96-85)73-46-47-91-89-80(73)72-28-15-26-69(82(72)101-89)68-25-14-27-70-74-50-67-49-64(43-44-65(67)51-78(74)99-81(68)70)58-32-30-56(31-33-58)57-36-41-62(42-37-57)86-94-84(60-21-8-3-9-22-60)97-88(98-86)75-52-76(66-45-38-54-18-10-11-23-63(54)48-66)92-90-79(75)71-24-12-13-29-77(71)100-90/h1-52H.